The summed E-state index contributed by atoms with van der Waals surface area (Å²) in [5.74, 6) is 0.566. The van der Waals surface area contributed by atoms with Gasteiger partial charge in [-0.15, -0.1) is 0 Å². The Morgan fingerprint density at radius 3 is 2.52 bits per heavy atom. The third-order valence-electron chi connectivity index (χ3n) is 3.51. The lowest BCUT2D eigenvalue weighted by atomic mass is 10.0. The van der Waals surface area contributed by atoms with E-state index < -0.39 is 0 Å². The van der Waals surface area contributed by atoms with Crippen molar-refractivity contribution in [1.82, 2.24) is 9.55 Å². The first-order chi connectivity index (χ1) is 10.1. The molecule has 0 spiro atoms. The van der Waals surface area contributed by atoms with Crippen molar-refractivity contribution >= 4 is 16.8 Å². The molecule has 3 aromatic rings. The van der Waals surface area contributed by atoms with Gasteiger partial charge in [-0.05, 0) is 36.4 Å². The zero-order valence-electron chi connectivity index (χ0n) is 11.7. The molecule has 0 aliphatic carbocycles. The number of rotatable bonds is 3. The minimum atomic E-state index is -0.236. The SMILES string of the molecule is COc1ccc(C(=O)c2cccc3[nH]c(=O)n(C)c23)cc1. The average molecular weight is 282 g/mol. The molecule has 0 fully saturated rings. The van der Waals surface area contributed by atoms with Crippen molar-refractivity contribution in [3.8, 4) is 5.75 Å². The molecule has 0 aliphatic heterocycles. The number of carbonyl (C=O) groups is 1. The zero-order valence-corrected chi connectivity index (χ0v) is 11.7. The monoisotopic (exact) mass is 282 g/mol. The number of benzene rings is 2. The summed E-state index contributed by atoms with van der Waals surface area (Å²) in [6.45, 7) is 0. The van der Waals surface area contributed by atoms with Crippen molar-refractivity contribution in [2.24, 2.45) is 7.05 Å². The quantitative estimate of drug-likeness (QED) is 0.748. The van der Waals surface area contributed by atoms with Crippen molar-refractivity contribution in [1.29, 1.82) is 0 Å². The van der Waals surface area contributed by atoms with Crippen LogP contribution in [0.15, 0.2) is 47.3 Å². The van der Waals surface area contributed by atoms with Gasteiger partial charge in [-0.2, -0.15) is 0 Å². The second-order valence-electron chi connectivity index (χ2n) is 4.75. The number of fused-ring (bicyclic) bond motifs is 1. The van der Waals surface area contributed by atoms with Crippen LogP contribution >= 0.6 is 0 Å². The highest BCUT2D eigenvalue weighted by Crippen LogP contribution is 2.20. The van der Waals surface area contributed by atoms with Gasteiger partial charge in [0.15, 0.2) is 5.78 Å². The van der Waals surface area contributed by atoms with Gasteiger partial charge in [0.05, 0.1) is 18.1 Å². The molecule has 0 amide bonds. The summed E-state index contributed by atoms with van der Waals surface area (Å²) >= 11 is 0. The highest BCUT2D eigenvalue weighted by Gasteiger charge is 2.16. The number of nitrogens with zero attached hydrogens (tertiary/aromatic N) is 1. The lowest BCUT2D eigenvalue weighted by molar-refractivity contribution is 0.104. The number of hydrogen-bond acceptors (Lipinski definition) is 3. The predicted molar refractivity (Wildman–Crippen MR) is 80.0 cm³/mol. The minimum Gasteiger partial charge on any atom is -0.497 e. The van der Waals surface area contributed by atoms with Crippen LogP contribution in [0, 0.1) is 0 Å². The fraction of sp³-hybridized carbons (Fsp3) is 0.125. The van der Waals surface area contributed by atoms with Crippen molar-refractivity contribution in [3.63, 3.8) is 0 Å². The summed E-state index contributed by atoms with van der Waals surface area (Å²) in [7, 11) is 3.22. The molecule has 0 bridgehead atoms. The van der Waals surface area contributed by atoms with E-state index in [4.69, 9.17) is 4.74 Å². The Bertz CT molecular complexity index is 873. The van der Waals surface area contributed by atoms with Crippen LogP contribution in [0.4, 0.5) is 0 Å². The van der Waals surface area contributed by atoms with Crippen LogP contribution in [0.5, 0.6) is 5.75 Å². The van der Waals surface area contributed by atoms with Crippen LogP contribution in [-0.2, 0) is 7.05 Å². The minimum absolute atomic E-state index is 0.127. The van der Waals surface area contributed by atoms with Crippen molar-refractivity contribution in [3.05, 3.63) is 64.1 Å². The molecule has 3 rings (SSSR count). The molecule has 0 saturated heterocycles. The number of methoxy groups -OCH3 is 1. The molecule has 106 valence electrons. The van der Waals surface area contributed by atoms with E-state index in [1.807, 2.05) is 0 Å². The van der Waals surface area contributed by atoms with Crippen molar-refractivity contribution < 1.29 is 9.53 Å². The van der Waals surface area contributed by atoms with Gasteiger partial charge in [-0.1, -0.05) is 6.07 Å². The third-order valence-corrected chi connectivity index (χ3v) is 3.51. The van der Waals surface area contributed by atoms with E-state index >= 15 is 0 Å². The van der Waals surface area contributed by atoms with E-state index in [0.717, 1.165) is 0 Å². The molecular formula is C16H14N2O3. The molecule has 0 atom stereocenters. The molecule has 1 N–H and O–H groups in total. The van der Waals surface area contributed by atoms with Crippen LogP contribution in [-0.4, -0.2) is 22.4 Å². The maximum absolute atomic E-state index is 12.7. The Hall–Kier alpha value is -2.82. The van der Waals surface area contributed by atoms with E-state index in [1.54, 1.807) is 56.6 Å². The van der Waals surface area contributed by atoms with Gasteiger partial charge < -0.3 is 9.72 Å². The Balaban J connectivity index is 2.15. The second-order valence-corrected chi connectivity index (χ2v) is 4.75. The second kappa shape index (κ2) is 4.94. The Kier molecular flexibility index (Phi) is 3.10. The lowest BCUT2D eigenvalue weighted by Crippen LogP contribution is -2.13. The number of aryl methyl sites for hydroxylation is 1. The van der Waals surface area contributed by atoms with Crippen LogP contribution < -0.4 is 10.4 Å². The van der Waals surface area contributed by atoms with Crippen LogP contribution in [0.25, 0.3) is 11.0 Å². The fourth-order valence-electron chi connectivity index (χ4n) is 2.39. The number of nitrogens with one attached hydrogen (secondary N) is 1. The molecule has 0 radical (unpaired) electrons. The maximum atomic E-state index is 12.7. The third kappa shape index (κ3) is 2.12. The molecule has 0 saturated carbocycles. The van der Waals surface area contributed by atoms with Gasteiger partial charge in [-0.25, -0.2) is 4.79 Å². The number of ketones is 1. The summed E-state index contributed by atoms with van der Waals surface area (Å²) in [6.07, 6.45) is 0. The first-order valence-corrected chi connectivity index (χ1v) is 6.48. The Morgan fingerprint density at radius 2 is 1.86 bits per heavy atom. The molecular weight excluding hydrogens is 268 g/mol. The normalized spacial score (nSPS) is 10.8. The lowest BCUT2D eigenvalue weighted by Gasteiger charge is -2.05. The van der Waals surface area contributed by atoms with Gasteiger partial charge in [0.25, 0.3) is 0 Å². The van der Waals surface area contributed by atoms with Gasteiger partial charge in [0.1, 0.15) is 5.75 Å². The number of aromatic amines is 1. The molecule has 2 aromatic carbocycles. The van der Waals surface area contributed by atoms with E-state index in [1.165, 1.54) is 4.57 Å². The van der Waals surface area contributed by atoms with Gasteiger partial charge in [0.2, 0.25) is 0 Å². The summed E-state index contributed by atoms with van der Waals surface area (Å²) < 4.78 is 6.54. The fourth-order valence-corrected chi connectivity index (χ4v) is 2.39. The standard InChI is InChI=1S/C16H14N2O3/c1-18-14-12(4-3-5-13(14)17-16(18)20)15(19)10-6-8-11(21-2)9-7-10/h3-9H,1-2H3,(H,17,20). The van der Waals surface area contributed by atoms with Crippen LogP contribution in [0.3, 0.4) is 0 Å². The average Bonchev–Trinajstić information content (AvgIpc) is 2.81. The molecule has 5 heteroatoms. The smallest absolute Gasteiger partial charge is 0.326 e. The molecule has 1 aromatic heterocycles. The van der Waals surface area contributed by atoms with Crippen molar-refractivity contribution in [2.45, 2.75) is 0 Å². The first-order valence-electron chi connectivity index (χ1n) is 6.48. The number of para-hydroxylation sites is 1. The van der Waals surface area contributed by atoms with Gasteiger partial charge in [0, 0.05) is 18.2 Å². The number of carbonyl (C=O) groups excluding carboxylic acids is 1. The van der Waals surface area contributed by atoms with E-state index in [2.05, 4.69) is 4.98 Å². The maximum Gasteiger partial charge on any atom is 0.326 e. The van der Waals surface area contributed by atoms with Crippen LogP contribution in [0.2, 0.25) is 0 Å². The number of hydrogen-bond donors (Lipinski definition) is 1. The highest BCUT2D eigenvalue weighted by atomic mass is 16.5. The van der Waals surface area contributed by atoms with Crippen LogP contribution in [0.1, 0.15) is 15.9 Å². The number of H-pyrrole nitrogens is 1. The largest absolute Gasteiger partial charge is 0.497 e. The van der Waals surface area contributed by atoms with Crippen molar-refractivity contribution in [2.75, 3.05) is 7.11 Å². The van der Waals surface area contributed by atoms with E-state index in [9.17, 15) is 9.59 Å². The first kappa shape index (κ1) is 13.2. The summed E-state index contributed by atoms with van der Waals surface area (Å²) in [5, 5.41) is 0. The number of aromatic nitrogens is 2. The number of ether oxygens (including phenoxy) is 1. The zero-order chi connectivity index (χ0) is 15.0. The molecule has 0 unspecified atom stereocenters. The van der Waals surface area contributed by atoms with E-state index in [-0.39, 0.29) is 11.5 Å². The van der Waals surface area contributed by atoms with Gasteiger partial charge >= 0.3 is 5.69 Å². The Labute approximate surface area is 120 Å². The molecule has 1 heterocycles. The summed E-state index contributed by atoms with van der Waals surface area (Å²) in [4.78, 5) is 27.1. The van der Waals surface area contributed by atoms with E-state index in [0.29, 0.717) is 27.9 Å². The Morgan fingerprint density at radius 1 is 1.14 bits per heavy atom. The summed E-state index contributed by atoms with van der Waals surface area (Å²) in [5.41, 5.74) is 2.08. The molecule has 5 nitrogen and oxygen atoms in total. The van der Waals surface area contributed by atoms with Gasteiger partial charge in [-0.3, -0.25) is 9.36 Å². The molecule has 21 heavy (non-hydrogen) atoms. The summed E-state index contributed by atoms with van der Waals surface area (Å²) in [6, 6.07) is 12.2. The predicted octanol–water partition coefficient (Wildman–Crippen LogP) is 2.11. The number of imidazole rings is 1. The molecule has 0 aliphatic rings. The topological polar surface area (TPSA) is 64.1 Å². The highest BCUT2D eigenvalue weighted by molar-refractivity contribution is 6.15.